The van der Waals surface area contributed by atoms with Crippen LogP contribution in [0.3, 0.4) is 0 Å². The summed E-state index contributed by atoms with van der Waals surface area (Å²) in [6, 6.07) is 14.8. The molecule has 5 nitrogen and oxygen atoms in total. The summed E-state index contributed by atoms with van der Waals surface area (Å²) >= 11 is 1.50. The van der Waals surface area contributed by atoms with Gasteiger partial charge in [-0.25, -0.2) is 4.98 Å². The number of thioether (sulfide) groups is 1. The Morgan fingerprint density at radius 1 is 1.15 bits per heavy atom. The van der Waals surface area contributed by atoms with Crippen molar-refractivity contribution in [3.05, 3.63) is 71.5 Å². The van der Waals surface area contributed by atoms with Gasteiger partial charge in [-0.15, -0.1) is 6.58 Å². The number of para-hydroxylation sites is 1. The van der Waals surface area contributed by atoms with E-state index in [2.05, 4.69) is 11.6 Å². The molecule has 0 amide bonds. The van der Waals surface area contributed by atoms with E-state index in [1.54, 1.807) is 23.8 Å². The van der Waals surface area contributed by atoms with Gasteiger partial charge in [-0.2, -0.15) is 0 Å². The van der Waals surface area contributed by atoms with Crippen molar-refractivity contribution in [2.24, 2.45) is 0 Å². The number of fused-ring (bicyclic) bond motifs is 1. The molecule has 0 saturated carbocycles. The highest BCUT2D eigenvalue weighted by Crippen LogP contribution is 2.20. The maximum absolute atomic E-state index is 12.7. The van der Waals surface area contributed by atoms with Crippen LogP contribution < -0.4 is 15.0 Å². The van der Waals surface area contributed by atoms with Crippen LogP contribution in [0.2, 0.25) is 0 Å². The highest BCUT2D eigenvalue weighted by Gasteiger charge is 2.10. The number of hydrogen-bond donors (Lipinski definition) is 0. The molecular formula is C20H20N2O3S. The van der Waals surface area contributed by atoms with Crippen LogP contribution in [0.4, 0.5) is 0 Å². The van der Waals surface area contributed by atoms with Gasteiger partial charge in [-0.05, 0) is 36.4 Å². The topological polar surface area (TPSA) is 53.4 Å². The second kappa shape index (κ2) is 8.58. The number of nitrogens with zero attached hydrogens (tertiary/aromatic N) is 2. The summed E-state index contributed by atoms with van der Waals surface area (Å²) in [4.78, 5) is 17.3. The fourth-order valence-electron chi connectivity index (χ4n) is 2.51. The van der Waals surface area contributed by atoms with Crippen molar-refractivity contribution >= 4 is 22.7 Å². The number of aromatic nitrogens is 2. The van der Waals surface area contributed by atoms with Gasteiger partial charge >= 0.3 is 0 Å². The van der Waals surface area contributed by atoms with Crippen molar-refractivity contribution in [2.45, 2.75) is 11.7 Å². The Bertz CT molecular complexity index is 951. The maximum atomic E-state index is 12.7. The standard InChI is InChI=1S/C20H20N2O3S/c1-3-12-22-19(23)17-6-4-5-7-18(17)21-20(22)26-14-13-25-16-10-8-15(24-2)9-11-16/h3-11H,1,12-14H2,2H3. The Kier molecular flexibility index (Phi) is 5.96. The molecule has 0 aliphatic heterocycles. The van der Waals surface area contributed by atoms with Gasteiger partial charge in [-0.1, -0.05) is 30.0 Å². The minimum atomic E-state index is -0.0472. The Balaban J connectivity index is 1.70. The highest BCUT2D eigenvalue weighted by molar-refractivity contribution is 7.99. The Morgan fingerprint density at radius 3 is 2.62 bits per heavy atom. The molecule has 0 N–H and O–H groups in total. The molecule has 0 unspecified atom stereocenters. The van der Waals surface area contributed by atoms with E-state index in [0.717, 1.165) is 11.5 Å². The number of ether oxygens (including phenoxy) is 2. The van der Waals surface area contributed by atoms with Gasteiger partial charge in [-0.3, -0.25) is 9.36 Å². The lowest BCUT2D eigenvalue weighted by molar-refractivity contribution is 0.342. The Labute approximate surface area is 156 Å². The van der Waals surface area contributed by atoms with Crippen LogP contribution in [0.1, 0.15) is 0 Å². The van der Waals surface area contributed by atoms with E-state index >= 15 is 0 Å². The Morgan fingerprint density at radius 2 is 1.88 bits per heavy atom. The van der Waals surface area contributed by atoms with Crippen LogP contribution in [0.25, 0.3) is 10.9 Å². The lowest BCUT2D eigenvalue weighted by Crippen LogP contribution is -2.23. The van der Waals surface area contributed by atoms with E-state index in [-0.39, 0.29) is 5.56 Å². The van der Waals surface area contributed by atoms with Crippen molar-refractivity contribution in [1.29, 1.82) is 0 Å². The average molecular weight is 368 g/mol. The number of benzene rings is 2. The lowest BCUT2D eigenvalue weighted by Gasteiger charge is -2.12. The van der Waals surface area contributed by atoms with Crippen LogP contribution in [0.5, 0.6) is 11.5 Å². The molecule has 1 heterocycles. The second-order valence-electron chi connectivity index (χ2n) is 5.49. The van der Waals surface area contributed by atoms with Crippen LogP contribution in [0, 0.1) is 0 Å². The molecule has 134 valence electrons. The van der Waals surface area contributed by atoms with E-state index in [9.17, 15) is 4.79 Å². The van der Waals surface area contributed by atoms with Crippen LogP contribution >= 0.6 is 11.8 Å². The van der Waals surface area contributed by atoms with E-state index in [4.69, 9.17) is 9.47 Å². The summed E-state index contributed by atoms with van der Waals surface area (Å²) in [6.07, 6.45) is 1.70. The van der Waals surface area contributed by atoms with Crippen LogP contribution in [-0.4, -0.2) is 29.0 Å². The molecule has 0 bridgehead atoms. The van der Waals surface area contributed by atoms with Crippen LogP contribution in [0.15, 0.2) is 71.1 Å². The summed E-state index contributed by atoms with van der Waals surface area (Å²) in [5, 5.41) is 1.29. The molecule has 0 fully saturated rings. The van der Waals surface area contributed by atoms with E-state index in [1.165, 1.54) is 11.8 Å². The normalized spacial score (nSPS) is 10.7. The molecule has 0 saturated heterocycles. The Hall–Kier alpha value is -2.73. The molecule has 2 aromatic carbocycles. The lowest BCUT2D eigenvalue weighted by atomic mass is 10.2. The molecule has 3 rings (SSSR count). The molecule has 0 aliphatic rings. The molecule has 0 aliphatic carbocycles. The van der Waals surface area contributed by atoms with E-state index in [1.807, 2.05) is 42.5 Å². The number of allylic oxidation sites excluding steroid dienone is 1. The minimum absolute atomic E-state index is 0.0472. The third kappa shape index (κ3) is 4.08. The third-order valence-corrected chi connectivity index (χ3v) is 4.72. The molecule has 26 heavy (non-hydrogen) atoms. The fourth-order valence-corrected chi connectivity index (χ4v) is 3.34. The smallest absolute Gasteiger partial charge is 0.262 e. The van der Waals surface area contributed by atoms with Crippen molar-refractivity contribution in [2.75, 3.05) is 19.5 Å². The predicted molar refractivity (Wildman–Crippen MR) is 105 cm³/mol. The van der Waals surface area contributed by atoms with Gasteiger partial charge in [0, 0.05) is 12.3 Å². The summed E-state index contributed by atoms with van der Waals surface area (Å²) in [7, 11) is 1.63. The highest BCUT2D eigenvalue weighted by atomic mass is 32.2. The van der Waals surface area contributed by atoms with Crippen molar-refractivity contribution in [3.63, 3.8) is 0 Å². The first kappa shape index (κ1) is 18.1. The van der Waals surface area contributed by atoms with E-state index < -0.39 is 0 Å². The van der Waals surface area contributed by atoms with Gasteiger partial charge < -0.3 is 9.47 Å². The second-order valence-corrected chi connectivity index (χ2v) is 6.55. The first-order valence-corrected chi connectivity index (χ1v) is 9.21. The van der Waals surface area contributed by atoms with Gasteiger partial charge in [0.25, 0.3) is 5.56 Å². The minimum Gasteiger partial charge on any atom is -0.497 e. The van der Waals surface area contributed by atoms with Gasteiger partial charge in [0.15, 0.2) is 5.16 Å². The summed E-state index contributed by atoms with van der Waals surface area (Å²) < 4.78 is 12.5. The average Bonchev–Trinajstić information content (AvgIpc) is 2.68. The SMILES string of the molecule is C=CCn1c(SCCOc2ccc(OC)cc2)nc2ccccc2c1=O. The summed E-state index contributed by atoms with van der Waals surface area (Å²) in [5.41, 5.74) is 0.658. The zero-order chi connectivity index (χ0) is 18.4. The third-order valence-electron chi connectivity index (χ3n) is 3.78. The van der Waals surface area contributed by atoms with Crippen LogP contribution in [-0.2, 0) is 6.54 Å². The molecule has 6 heteroatoms. The molecule has 3 aromatic rings. The van der Waals surface area contributed by atoms with E-state index in [0.29, 0.717) is 35.0 Å². The first-order chi connectivity index (χ1) is 12.7. The van der Waals surface area contributed by atoms with Gasteiger partial charge in [0.1, 0.15) is 11.5 Å². The molecular weight excluding hydrogens is 348 g/mol. The maximum Gasteiger partial charge on any atom is 0.262 e. The van der Waals surface area contributed by atoms with Crippen molar-refractivity contribution < 1.29 is 9.47 Å². The molecule has 0 spiro atoms. The number of methoxy groups -OCH3 is 1. The van der Waals surface area contributed by atoms with Crippen molar-refractivity contribution in [1.82, 2.24) is 9.55 Å². The fraction of sp³-hybridized carbons (Fsp3) is 0.200. The van der Waals surface area contributed by atoms with Gasteiger partial charge in [0.2, 0.25) is 0 Å². The summed E-state index contributed by atoms with van der Waals surface area (Å²) in [6.45, 7) is 4.67. The largest absolute Gasteiger partial charge is 0.497 e. The molecule has 0 radical (unpaired) electrons. The zero-order valence-corrected chi connectivity index (χ0v) is 15.4. The monoisotopic (exact) mass is 368 g/mol. The quantitative estimate of drug-likeness (QED) is 0.262. The molecule has 1 aromatic heterocycles. The molecule has 0 atom stereocenters. The number of rotatable bonds is 8. The predicted octanol–water partition coefficient (Wildman–Crippen LogP) is 3.76. The van der Waals surface area contributed by atoms with Crippen molar-refractivity contribution in [3.8, 4) is 11.5 Å². The number of hydrogen-bond acceptors (Lipinski definition) is 5. The summed E-state index contributed by atoms with van der Waals surface area (Å²) in [5.74, 6) is 2.25. The zero-order valence-electron chi connectivity index (χ0n) is 14.6. The first-order valence-electron chi connectivity index (χ1n) is 8.23. The van der Waals surface area contributed by atoms with Gasteiger partial charge in [0.05, 0.1) is 24.6 Å².